The normalized spacial score (nSPS) is 22.8. The van der Waals surface area contributed by atoms with Crippen molar-refractivity contribution in [2.75, 3.05) is 26.1 Å². The van der Waals surface area contributed by atoms with Crippen LogP contribution in [0.15, 0.2) is 34.9 Å². The van der Waals surface area contributed by atoms with Crippen LogP contribution in [-0.2, 0) is 16.5 Å². The lowest BCUT2D eigenvalue weighted by Gasteiger charge is -2.41. The second-order valence-electron chi connectivity index (χ2n) is 6.87. The van der Waals surface area contributed by atoms with Crippen molar-refractivity contribution in [3.05, 3.63) is 41.0 Å². The monoisotopic (exact) mass is 380 g/mol. The van der Waals surface area contributed by atoms with E-state index in [0.29, 0.717) is 18.2 Å². The Hall–Kier alpha value is -1.28. The molecule has 0 fully saturated rings. The molecule has 136 valence electrons. The minimum absolute atomic E-state index is 0.551. The highest BCUT2D eigenvalue weighted by Gasteiger charge is 2.36. The van der Waals surface area contributed by atoms with E-state index < -0.39 is 10.1 Å². The average Bonchev–Trinajstić information content (AvgIpc) is 2.86. The summed E-state index contributed by atoms with van der Waals surface area (Å²) in [4.78, 5) is 6.13. The van der Waals surface area contributed by atoms with Gasteiger partial charge in [0.2, 0.25) is 0 Å². The summed E-state index contributed by atoms with van der Waals surface area (Å²) in [5, 5.41) is 2.84. The predicted octanol–water partition coefficient (Wildman–Crippen LogP) is 3.29. The molecule has 0 unspecified atom stereocenters. The summed E-state index contributed by atoms with van der Waals surface area (Å²) in [6, 6.07) is 7.34. The van der Waals surface area contributed by atoms with Crippen molar-refractivity contribution < 1.29 is 13.0 Å². The molecule has 1 aliphatic heterocycles. The number of aromatic nitrogens is 1. The SMILES string of the molecule is CS(=O)(=O)O.CSc1[nH]c2cccc3c2c1C[C@@H]1[C@@H]3C=C(C)CN1C. The fraction of sp³-hybridized carbons (Fsp3) is 0.444. The first-order chi connectivity index (χ1) is 11.7. The van der Waals surface area contributed by atoms with Crippen LogP contribution in [0, 0.1) is 0 Å². The van der Waals surface area contributed by atoms with E-state index in [1.807, 2.05) is 11.8 Å². The number of rotatable bonds is 1. The van der Waals surface area contributed by atoms with E-state index in [2.05, 4.69) is 54.4 Å². The smallest absolute Gasteiger partial charge is 0.261 e. The minimum atomic E-state index is -3.67. The molecule has 2 aromatic rings. The average molecular weight is 381 g/mol. The third-order valence-corrected chi connectivity index (χ3v) is 5.60. The van der Waals surface area contributed by atoms with Crippen molar-refractivity contribution in [2.24, 2.45) is 0 Å². The summed E-state index contributed by atoms with van der Waals surface area (Å²) >= 11 is 1.84. The first-order valence-electron chi connectivity index (χ1n) is 8.16. The Balaban J connectivity index is 0.000000324. The molecule has 2 atom stereocenters. The predicted molar refractivity (Wildman–Crippen MR) is 104 cm³/mol. The first kappa shape index (κ1) is 18.5. The van der Waals surface area contributed by atoms with Gasteiger partial charge in [0, 0.05) is 29.4 Å². The van der Waals surface area contributed by atoms with Crippen molar-refractivity contribution >= 4 is 32.8 Å². The Morgan fingerprint density at radius 1 is 1.36 bits per heavy atom. The van der Waals surface area contributed by atoms with Crippen LogP contribution >= 0.6 is 11.8 Å². The van der Waals surface area contributed by atoms with Crippen molar-refractivity contribution in [3.8, 4) is 0 Å². The van der Waals surface area contributed by atoms with E-state index >= 15 is 0 Å². The molecule has 0 saturated heterocycles. The van der Waals surface area contributed by atoms with Crippen LogP contribution in [0.5, 0.6) is 0 Å². The van der Waals surface area contributed by atoms with Crippen LogP contribution < -0.4 is 0 Å². The summed E-state index contributed by atoms with van der Waals surface area (Å²) in [7, 11) is -1.40. The highest BCUT2D eigenvalue weighted by Crippen LogP contribution is 2.44. The summed E-state index contributed by atoms with van der Waals surface area (Å²) in [6.45, 7) is 3.36. The fourth-order valence-corrected chi connectivity index (χ4v) is 4.66. The molecule has 0 bridgehead atoms. The van der Waals surface area contributed by atoms with E-state index in [9.17, 15) is 8.42 Å². The van der Waals surface area contributed by atoms with Gasteiger partial charge in [0.1, 0.15) is 0 Å². The van der Waals surface area contributed by atoms with E-state index in [1.165, 1.54) is 32.6 Å². The second-order valence-corrected chi connectivity index (χ2v) is 9.15. The lowest BCUT2D eigenvalue weighted by atomic mass is 9.77. The third-order valence-electron chi connectivity index (χ3n) is 4.84. The number of thioether (sulfide) groups is 1. The number of hydrogen-bond acceptors (Lipinski definition) is 4. The number of hydrogen-bond donors (Lipinski definition) is 2. The molecule has 1 aromatic carbocycles. The fourth-order valence-electron chi connectivity index (χ4n) is 4.01. The second kappa shape index (κ2) is 6.79. The molecular formula is C18H24N2O3S2. The van der Waals surface area contributed by atoms with Gasteiger partial charge >= 0.3 is 0 Å². The molecule has 1 aromatic heterocycles. The molecule has 4 rings (SSSR count). The van der Waals surface area contributed by atoms with Crippen LogP contribution in [0.4, 0.5) is 0 Å². The van der Waals surface area contributed by atoms with E-state index in [-0.39, 0.29) is 0 Å². The van der Waals surface area contributed by atoms with Gasteiger partial charge < -0.3 is 4.98 Å². The standard InChI is InChI=1S/C17H20N2S.CH4O3S/c1-10-7-12-11-5-4-6-14-16(11)13(17(18-14)20-3)8-15(12)19(2)9-10;1-5(2,3)4/h4-7,12,15,18H,8-9H2,1-3H3;1H3,(H,2,3,4)/t12-,15-;/m1./s1. The highest BCUT2D eigenvalue weighted by atomic mass is 32.2. The molecular weight excluding hydrogens is 356 g/mol. The number of aromatic amines is 1. The van der Waals surface area contributed by atoms with Gasteiger partial charge in [-0.2, -0.15) is 8.42 Å². The maximum absolute atomic E-state index is 9.19. The maximum atomic E-state index is 9.19. The van der Waals surface area contributed by atoms with Crippen molar-refractivity contribution in [3.63, 3.8) is 0 Å². The Labute approximate surface area is 153 Å². The van der Waals surface area contributed by atoms with E-state index in [0.717, 1.165) is 13.0 Å². The van der Waals surface area contributed by atoms with E-state index in [1.54, 1.807) is 0 Å². The van der Waals surface area contributed by atoms with Crippen LogP contribution in [-0.4, -0.2) is 55.0 Å². The summed E-state index contributed by atoms with van der Waals surface area (Å²) in [5.74, 6) is 0.551. The molecule has 7 heteroatoms. The third kappa shape index (κ3) is 3.79. The largest absolute Gasteiger partial charge is 0.349 e. The van der Waals surface area contributed by atoms with Crippen LogP contribution in [0.2, 0.25) is 0 Å². The zero-order chi connectivity index (χ0) is 18.4. The zero-order valence-electron chi connectivity index (χ0n) is 14.9. The number of nitrogens with one attached hydrogen (secondary N) is 1. The Morgan fingerprint density at radius 3 is 2.68 bits per heavy atom. The van der Waals surface area contributed by atoms with Crippen LogP contribution in [0.1, 0.15) is 24.0 Å². The molecule has 2 N–H and O–H groups in total. The lowest BCUT2D eigenvalue weighted by molar-refractivity contribution is 0.224. The molecule has 2 heterocycles. The Bertz CT molecular complexity index is 923. The van der Waals surface area contributed by atoms with Gasteiger partial charge in [-0.3, -0.25) is 9.45 Å². The quantitative estimate of drug-likeness (QED) is 0.451. The van der Waals surface area contributed by atoms with Gasteiger partial charge in [-0.25, -0.2) is 0 Å². The first-order valence-corrected chi connectivity index (χ1v) is 11.2. The molecule has 0 amide bonds. The van der Waals surface area contributed by atoms with E-state index in [4.69, 9.17) is 4.55 Å². The van der Waals surface area contributed by atoms with Crippen LogP contribution in [0.25, 0.3) is 10.9 Å². The van der Waals surface area contributed by atoms with Crippen LogP contribution in [0.3, 0.4) is 0 Å². The van der Waals surface area contributed by atoms with Crippen molar-refractivity contribution in [2.45, 2.75) is 30.3 Å². The topological polar surface area (TPSA) is 73.4 Å². The highest BCUT2D eigenvalue weighted by molar-refractivity contribution is 7.98. The van der Waals surface area contributed by atoms with Gasteiger partial charge in [0.25, 0.3) is 10.1 Å². The number of fused-ring (bicyclic) bond motifs is 2. The molecule has 2 aliphatic rings. The van der Waals surface area contributed by atoms with Gasteiger partial charge in [-0.05, 0) is 43.8 Å². The zero-order valence-corrected chi connectivity index (χ0v) is 16.5. The number of nitrogens with zero attached hydrogens (tertiary/aromatic N) is 1. The minimum Gasteiger partial charge on any atom is -0.349 e. The number of benzene rings is 1. The van der Waals surface area contributed by atoms with Gasteiger partial charge in [-0.15, -0.1) is 11.8 Å². The van der Waals surface area contributed by atoms with Crippen molar-refractivity contribution in [1.29, 1.82) is 0 Å². The summed E-state index contributed by atoms with van der Waals surface area (Å²) in [5.41, 5.74) is 5.84. The van der Waals surface area contributed by atoms with Gasteiger partial charge in [0.15, 0.2) is 0 Å². The number of likely N-dealkylation sites (N-methyl/N-ethyl adjacent to an activating group) is 1. The van der Waals surface area contributed by atoms with Gasteiger partial charge in [-0.1, -0.05) is 23.8 Å². The molecule has 0 spiro atoms. The Morgan fingerprint density at radius 2 is 2.04 bits per heavy atom. The summed E-state index contributed by atoms with van der Waals surface area (Å²) in [6.07, 6.45) is 6.54. The number of H-pyrrole nitrogens is 1. The maximum Gasteiger partial charge on any atom is 0.261 e. The molecule has 0 saturated carbocycles. The summed E-state index contributed by atoms with van der Waals surface area (Å²) < 4.78 is 25.9. The Kier molecular flexibility index (Phi) is 5.03. The van der Waals surface area contributed by atoms with Crippen molar-refractivity contribution in [1.82, 2.24) is 9.88 Å². The van der Waals surface area contributed by atoms with Gasteiger partial charge in [0.05, 0.1) is 11.3 Å². The molecule has 1 aliphatic carbocycles. The lowest BCUT2D eigenvalue weighted by Crippen LogP contribution is -2.43. The molecule has 25 heavy (non-hydrogen) atoms. The molecule has 0 radical (unpaired) electrons. The molecule has 5 nitrogen and oxygen atoms in total.